The van der Waals surface area contributed by atoms with Crippen molar-refractivity contribution in [2.24, 2.45) is 0 Å². The third kappa shape index (κ3) is 9.57. The van der Waals surface area contributed by atoms with Crippen LogP contribution in [0.5, 0.6) is 5.75 Å². The Balaban J connectivity index is 2.04. The Labute approximate surface area is 140 Å². The minimum Gasteiger partial charge on any atom is -0.493 e. The van der Waals surface area contributed by atoms with Crippen molar-refractivity contribution in [3.05, 3.63) is 23.5 Å². The van der Waals surface area contributed by atoms with Crippen molar-refractivity contribution in [2.75, 3.05) is 6.61 Å². The zero-order valence-corrected chi connectivity index (χ0v) is 14.6. The number of rotatable bonds is 14. The Kier molecular flexibility index (Phi) is 11.5. The van der Waals surface area contributed by atoms with Gasteiger partial charge in [0.2, 0.25) is 0 Å². The first kappa shape index (κ1) is 19.9. The third-order valence-electron chi connectivity index (χ3n) is 4.00. The molecule has 1 aromatic rings. The summed E-state index contributed by atoms with van der Waals surface area (Å²) in [5.74, 6) is 0.684. The van der Waals surface area contributed by atoms with Crippen molar-refractivity contribution in [3.63, 3.8) is 0 Å². The Hall–Kier alpha value is -1.13. The lowest BCUT2D eigenvalue weighted by Crippen LogP contribution is -2.02. The number of hydrogen-bond donors (Lipinski definition) is 2. The molecule has 0 aliphatic carbocycles. The van der Waals surface area contributed by atoms with Gasteiger partial charge in [-0.2, -0.15) is 0 Å². The number of unbranched alkanes of at least 4 members (excludes halogenated alkanes) is 9. The maximum atomic E-state index is 9.14. The minimum absolute atomic E-state index is 0.136. The minimum atomic E-state index is -0.136. The zero-order valence-electron chi connectivity index (χ0n) is 14.6. The molecule has 4 nitrogen and oxygen atoms in total. The maximum absolute atomic E-state index is 9.14. The van der Waals surface area contributed by atoms with E-state index < -0.39 is 0 Å². The van der Waals surface area contributed by atoms with Crippen LogP contribution in [-0.2, 0) is 13.2 Å². The molecule has 2 N–H and O–H groups in total. The normalized spacial score (nSPS) is 10.9. The number of nitrogens with zero attached hydrogens (tertiary/aromatic N) is 1. The monoisotopic (exact) mass is 323 g/mol. The van der Waals surface area contributed by atoms with Gasteiger partial charge in [-0.3, -0.25) is 4.98 Å². The first-order valence-electron chi connectivity index (χ1n) is 9.14. The van der Waals surface area contributed by atoms with E-state index in [9.17, 15) is 0 Å². The fourth-order valence-corrected chi connectivity index (χ4v) is 2.64. The molecular weight excluding hydrogens is 290 g/mol. The van der Waals surface area contributed by atoms with Crippen LogP contribution in [0.3, 0.4) is 0 Å². The van der Waals surface area contributed by atoms with Crippen LogP contribution in [0, 0.1) is 0 Å². The van der Waals surface area contributed by atoms with E-state index in [4.69, 9.17) is 14.9 Å². The van der Waals surface area contributed by atoms with Crippen LogP contribution in [0.25, 0.3) is 0 Å². The summed E-state index contributed by atoms with van der Waals surface area (Å²) < 4.78 is 5.70. The molecule has 0 aromatic carbocycles. The smallest absolute Gasteiger partial charge is 0.123 e. The predicted molar refractivity (Wildman–Crippen MR) is 93.4 cm³/mol. The van der Waals surface area contributed by atoms with Gasteiger partial charge in [0.15, 0.2) is 0 Å². The molecule has 0 fully saturated rings. The lowest BCUT2D eigenvalue weighted by molar-refractivity contribution is 0.260. The van der Waals surface area contributed by atoms with Crippen molar-refractivity contribution in [2.45, 2.75) is 84.3 Å². The van der Waals surface area contributed by atoms with Gasteiger partial charge in [0.05, 0.1) is 31.2 Å². The van der Waals surface area contributed by atoms with Gasteiger partial charge in [0.25, 0.3) is 0 Å². The summed E-state index contributed by atoms with van der Waals surface area (Å²) in [7, 11) is 0. The van der Waals surface area contributed by atoms with Crippen molar-refractivity contribution >= 4 is 0 Å². The van der Waals surface area contributed by atoms with E-state index in [1.807, 2.05) is 0 Å². The molecule has 0 aliphatic rings. The van der Waals surface area contributed by atoms with Crippen LogP contribution in [0.2, 0.25) is 0 Å². The fraction of sp³-hybridized carbons (Fsp3) is 0.737. The van der Waals surface area contributed by atoms with E-state index in [2.05, 4.69) is 11.9 Å². The lowest BCUT2D eigenvalue weighted by atomic mass is 10.1. The number of hydrogen-bond acceptors (Lipinski definition) is 4. The van der Waals surface area contributed by atoms with Crippen LogP contribution in [-0.4, -0.2) is 21.8 Å². The Morgan fingerprint density at radius 3 is 1.74 bits per heavy atom. The fourth-order valence-electron chi connectivity index (χ4n) is 2.64. The molecule has 4 heteroatoms. The van der Waals surface area contributed by atoms with Gasteiger partial charge >= 0.3 is 0 Å². The number of pyridine rings is 1. The number of aliphatic hydroxyl groups is 2. The van der Waals surface area contributed by atoms with Gasteiger partial charge in [-0.15, -0.1) is 0 Å². The highest BCUT2D eigenvalue weighted by atomic mass is 16.5. The van der Waals surface area contributed by atoms with E-state index in [1.165, 1.54) is 57.8 Å². The summed E-state index contributed by atoms with van der Waals surface area (Å²) >= 11 is 0. The number of aliphatic hydroxyl groups excluding tert-OH is 2. The van der Waals surface area contributed by atoms with Gasteiger partial charge in [-0.1, -0.05) is 64.7 Å². The first-order valence-corrected chi connectivity index (χ1v) is 9.14. The van der Waals surface area contributed by atoms with Gasteiger partial charge < -0.3 is 14.9 Å². The summed E-state index contributed by atoms with van der Waals surface area (Å²) in [5, 5.41) is 18.3. The van der Waals surface area contributed by atoms with E-state index >= 15 is 0 Å². The quantitative estimate of drug-likeness (QED) is 0.499. The highest BCUT2D eigenvalue weighted by Crippen LogP contribution is 2.16. The van der Waals surface area contributed by atoms with E-state index in [-0.39, 0.29) is 13.2 Å². The molecule has 1 aromatic heterocycles. The molecular formula is C19H33NO3. The van der Waals surface area contributed by atoms with Crippen LogP contribution in [0.1, 0.15) is 82.5 Å². The summed E-state index contributed by atoms with van der Waals surface area (Å²) in [6.45, 7) is 2.66. The second-order valence-electron chi connectivity index (χ2n) is 6.13. The molecule has 0 unspecified atom stereocenters. The predicted octanol–water partition coefficient (Wildman–Crippen LogP) is 4.37. The molecule has 0 aliphatic heterocycles. The third-order valence-corrected chi connectivity index (χ3v) is 4.00. The number of ether oxygens (including phenoxy) is 1. The molecule has 1 heterocycles. The second kappa shape index (κ2) is 13.3. The van der Waals surface area contributed by atoms with Gasteiger partial charge in [-0.25, -0.2) is 0 Å². The average Bonchev–Trinajstić information content (AvgIpc) is 2.59. The molecule has 0 atom stereocenters. The highest BCUT2D eigenvalue weighted by Gasteiger charge is 2.03. The largest absolute Gasteiger partial charge is 0.493 e. The summed E-state index contributed by atoms with van der Waals surface area (Å²) in [6.07, 6.45) is 13.0. The zero-order chi connectivity index (χ0) is 16.8. The van der Waals surface area contributed by atoms with Gasteiger partial charge in [0.1, 0.15) is 5.75 Å². The van der Waals surface area contributed by atoms with Crippen LogP contribution in [0.15, 0.2) is 12.1 Å². The summed E-state index contributed by atoms with van der Waals surface area (Å²) in [6, 6.07) is 3.46. The van der Waals surface area contributed by atoms with E-state index in [0.29, 0.717) is 23.7 Å². The van der Waals surface area contributed by atoms with Crippen molar-refractivity contribution < 1.29 is 14.9 Å². The Morgan fingerprint density at radius 2 is 1.26 bits per heavy atom. The molecule has 132 valence electrons. The van der Waals surface area contributed by atoms with E-state index in [1.54, 1.807) is 12.1 Å². The molecule has 1 rings (SSSR count). The van der Waals surface area contributed by atoms with Crippen LogP contribution < -0.4 is 4.74 Å². The summed E-state index contributed by atoms with van der Waals surface area (Å²) in [5.41, 5.74) is 1.07. The molecule has 0 amide bonds. The van der Waals surface area contributed by atoms with Crippen molar-refractivity contribution in [1.82, 2.24) is 4.98 Å². The van der Waals surface area contributed by atoms with Crippen molar-refractivity contribution in [3.8, 4) is 5.75 Å². The molecule has 0 saturated carbocycles. The standard InChI is InChI=1S/C19H33NO3/c1-2-3-4-5-6-7-8-9-10-11-12-23-19-13-17(15-21)20-18(14-19)16-22/h13-14,21-22H,2-12,15-16H2,1H3. The molecule has 23 heavy (non-hydrogen) atoms. The average molecular weight is 323 g/mol. The molecule has 0 radical (unpaired) electrons. The van der Waals surface area contributed by atoms with E-state index in [0.717, 1.165) is 6.42 Å². The maximum Gasteiger partial charge on any atom is 0.123 e. The lowest BCUT2D eigenvalue weighted by Gasteiger charge is -2.09. The number of aromatic nitrogens is 1. The Morgan fingerprint density at radius 1 is 0.783 bits per heavy atom. The first-order chi connectivity index (χ1) is 11.3. The topological polar surface area (TPSA) is 62.6 Å². The van der Waals surface area contributed by atoms with Crippen LogP contribution in [0.4, 0.5) is 0 Å². The molecule has 0 spiro atoms. The van der Waals surface area contributed by atoms with Gasteiger partial charge in [0, 0.05) is 12.1 Å². The van der Waals surface area contributed by atoms with Gasteiger partial charge in [-0.05, 0) is 6.42 Å². The highest BCUT2D eigenvalue weighted by molar-refractivity contribution is 5.26. The second-order valence-corrected chi connectivity index (χ2v) is 6.13. The molecule has 0 saturated heterocycles. The Bertz CT molecular complexity index is 387. The summed E-state index contributed by atoms with van der Waals surface area (Å²) in [4.78, 5) is 4.10. The SMILES string of the molecule is CCCCCCCCCCCCOc1cc(CO)nc(CO)c1. The van der Waals surface area contributed by atoms with Crippen LogP contribution >= 0.6 is 0 Å². The van der Waals surface area contributed by atoms with Crippen molar-refractivity contribution in [1.29, 1.82) is 0 Å². The molecule has 0 bridgehead atoms.